The molecule has 3 aromatic carbocycles. The Morgan fingerprint density at radius 3 is 1.70 bits per heavy atom. The molecule has 0 radical (unpaired) electrons. The third-order valence-electron chi connectivity index (χ3n) is 5.77. The van der Waals surface area contributed by atoms with Gasteiger partial charge in [-0.05, 0) is 41.8 Å². The topological polar surface area (TPSA) is 58.6 Å². The molecule has 1 unspecified atom stereocenters. The summed E-state index contributed by atoms with van der Waals surface area (Å²) in [6.45, 7) is 0.706. The molecule has 0 bridgehead atoms. The molecule has 0 aliphatic carbocycles. The number of aliphatic carboxylic acids is 1. The lowest BCUT2D eigenvalue weighted by Gasteiger charge is -2.30. The number of ether oxygens (including phenoxy) is 1. The van der Waals surface area contributed by atoms with Gasteiger partial charge in [-0.1, -0.05) is 60.7 Å². The molecule has 2 atom stereocenters. The minimum Gasteiger partial charge on any atom is -0.480 e. The first kappa shape index (κ1) is 28.2. The Kier molecular flexibility index (Phi) is 8.98. The van der Waals surface area contributed by atoms with Gasteiger partial charge in [0.15, 0.2) is 0 Å². The first-order valence-electron chi connectivity index (χ1n) is 11.3. The highest BCUT2D eigenvalue weighted by Gasteiger charge is 2.37. The van der Waals surface area contributed by atoms with Gasteiger partial charge in [0, 0.05) is 12.0 Å². The normalized spacial score (nSPS) is 13.9. The number of carboxylic acid groups (broad SMARTS) is 1. The van der Waals surface area contributed by atoms with Crippen LogP contribution in [0.4, 0.5) is 26.3 Å². The average molecular weight is 525 g/mol. The molecule has 0 saturated heterocycles. The van der Waals surface area contributed by atoms with Gasteiger partial charge in [0.1, 0.15) is 6.04 Å². The van der Waals surface area contributed by atoms with Gasteiger partial charge in [-0.2, -0.15) is 26.3 Å². The number of benzene rings is 3. The number of carboxylic acids is 1. The number of hydrogen-bond acceptors (Lipinski definition) is 3. The second kappa shape index (κ2) is 11.8. The fourth-order valence-corrected chi connectivity index (χ4v) is 4.02. The van der Waals surface area contributed by atoms with Crippen LogP contribution < -0.4 is 5.32 Å². The Balaban J connectivity index is 1.91. The molecule has 4 nitrogen and oxygen atoms in total. The third kappa shape index (κ3) is 7.80. The van der Waals surface area contributed by atoms with Gasteiger partial charge < -0.3 is 9.84 Å². The van der Waals surface area contributed by atoms with Crippen molar-refractivity contribution in [3.8, 4) is 0 Å². The van der Waals surface area contributed by atoms with E-state index in [0.717, 1.165) is 11.1 Å². The quantitative estimate of drug-likeness (QED) is 0.297. The zero-order valence-electron chi connectivity index (χ0n) is 19.7. The predicted octanol–water partition coefficient (Wildman–Crippen LogP) is 6.50. The number of carbonyl (C=O) groups is 1. The first-order chi connectivity index (χ1) is 17.4. The second-order valence-electron chi connectivity index (χ2n) is 8.56. The largest absolute Gasteiger partial charge is 0.480 e. The smallest absolute Gasteiger partial charge is 0.416 e. The van der Waals surface area contributed by atoms with Gasteiger partial charge in [-0.15, -0.1) is 0 Å². The molecule has 0 aromatic heterocycles. The van der Waals surface area contributed by atoms with E-state index in [1.54, 1.807) is 0 Å². The Bertz CT molecular complexity index is 1090. The summed E-state index contributed by atoms with van der Waals surface area (Å²) in [5.74, 6) is -1.55. The van der Waals surface area contributed by atoms with E-state index >= 15 is 0 Å². The summed E-state index contributed by atoms with van der Waals surface area (Å²) < 4.78 is 84.9. The van der Waals surface area contributed by atoms with Crippen molar-refractivity contribution in [1.82, 2.24) is 5.32 Å². The minimum absolute atomic E-state index is 0.0588. The van der Waals surface area contributed by atoms with Crippen molar-refractivity contribution in [2.75, 3.05) is 6.61 Å². The van der Waals surface area contributed by atoms with Crippen LogP contribution in [0.5, 0.6) is 0 Å². The van der Waals surface area contributed by atoms with Crippen LogP contribution in [-0.2, 0) is 28.5 Å². The zero-order chi connectivity index (χ0) is 27.2. The fourth-order valence-electron chi connectivity index (χ4n) is 4.02. The summed E-state index contributed by atoms with van der Waals surface area (Å²) in [6.07, 6.45) is -9.94. The third-order valence-corrected chi connectivity index (χ3v) is 5.77. The number of rotatable bonds is 10. The van der Waals surface area contributed by atoms with Gasteiger partial charge in [0.05, 0.1) is 24.3 Å². The molecule has 198 valence electrons. The lowest BCUT2D eigenvalue weighted by molar-refractivity contribution is -0.143. The fraction of sp³-hybridized carbons (Fsp3) is 0.296. The van der Waals surface area contributed by atoms with E-state index < -0.39 is 54.1 Å². The number of alkyl halides is 6. The SMILES string of the molecule is C[C@H](NC(COCc1cc(C(F)(F)F)cc(C(F)(F)F)c1)C(c1ccccc1)c1ccccc1)C(=O)O. The van der Waals surface area contributed by atoms with Crippen LogP contribution in [0.2, 0.25) is 0 Å². The summed E-state index contributed by atoms with van der Waals surface area (Å²) in [4.78, 5) is 11.6. The second-order valence-corrected chi connectivity index (χ2v) is 8.56. The minimum atomic E-state index is -4.97. The van der Waals surface area contributed by atoms with Crippen molar-refractivity contribution < 1.29 is 41.0 Å². The molecule has 10 heteroatoms. The van der Waals surface area contributed by atoms with Crippen LogP contribution >= 0.6 is 0 Å². The van der Waals surface area contributed by atoms with E-state index in [1.807, 2.05) is 60.7 Å². The molecule has 0 aliphatic rings. The van der Waals surface area contributed by atoms with Crippen molar-refractivity contribution in [3.05, 3.63) is 107 Å². The first-order valence-corrected chi connectivity index (χ1v) is 11.3. The molecule has 3 rings (SSSR count). The molecule has 0 aliphatic heterocycles. The van der Waals surface area contributed by atoms with Crippen LogP contribution in [0, 0.1) is 0 Å². The maximum atomic E-state index is 13.2. The van der Waals surface area contributed by atoms with E-state index in [4.69, 9.17) is 4.74 Å². The van der Waals surface area contributed by atoms with E-state index in [1.165, 1.54) is 6.92 Å². The summed E-state index contributed by atoms with van der Waals surface area (Å²) in [6, 6.07) is 17.9. The lowest BCUT2D eigenvalue weighted by Crippen LogP contribution is -2.47. The van der Waals surface area contributed by atoms with E-state index in [-0.39, 0.29) is 18.2 Å². The van der Waals surface area contributed by atoms with Gasteiger partial charge in [-0.25, -0.2) is 0 Å². The summed E-state index contributed by atoms with van der Waals surface area (Å²) in [7, 11) is 0. The molecule has 0 fully saturated rings. The Labute approximate surface area is 209 Å². The van der Waals surface area contributed by atoms with E-state index in [2.05, 4.69) is 5.32 Å². The standard InChI is InChI=1S/C27H25F6NO3/c1-17(25(35)36)34-23(24(19-8-4-2-5-9-19)20-10-6-3-7-11-20)16-37-15-18-12-21(26(28,29)30)14-22(13-18)27(31,32)33/h2-14,17,23-24,34H,15-16H2,1H3,(H,35,36)/t17-,23?/m0/s1. The van der Waals surface area contributed by atoms with Crippen molar-refractivity contribution in [1.29, 1.82) is 0 Å². The average Bonchev–Trinajstić information content (AvgIpc) is 2.84. The highest BCUT2D eigenvalue weighted by atomic mass is 19.4. The predicted molar refractivity (Wildman–Crippen MR) is 125 cm³/mol. The van der Waals surface area contributed by atoms with Crippen LogP contribution in [0.25, 0.3) is 0 Å². The van der Waals surface area contributed by atoms with E-state index in [9.17, 15) is 36.2 Å². The van der Waals surface area contributed by atoms with Crippen LogP contribution in [-0.4, -0.2) is 29.8 Å². The van der Waals surface area contributed by atoms with Crippen molar-refractivity contribution in [2.24, 2.45) is 0 Å². The van der Waals surface area contributed by atoms with Crippen LogP contribution in [0.3, 0.4) is 0 Å². The summed E-state index contributed by atoms with van der Waals surface area (Å²) in [5.41, 5.74) is -1.51. The maximum Gasteiger partial charge on any atom is 0.416 e. The van der Waals surface area contributed by atoms with Crippen LogP contribution in [0.1, 0.15) is 40.7 Å². The zero-order valence-corrected chi connectivity index (χ0v) is 19.7. The molecule has 0 heterocycles. The van der Waals surface area contributed by atoms with Gasteiger partial charge in [0.2, 0.25) is 0 Å². The molecule has 3 aromatic rings. The summed E-state index contributed by atoms with van der Waals surface area (Å²) >= 11 is 0. The van der Waals surface area contributed by atoms with Crippen molar-refractivity contribution >= 4 is 5.97 Å². The highest BCUT2D eigenvalue weighted by molar-refractivity contribution is 5.72. The Morgan fingerprint density at radius 2 is 1.30 bits per heavy atom. The molecule has 0 saturated carbocycles. The Morgan fingerprint density at radius 1 is 0.838 bits per heavy atom. The number of nitrogens with one attached hydrogen (secondary N) is 1. The Hall–Kier alpha value is -3.37. The van der Waals surface area contributed by atoms with Gasteiger partial charge >= 0.3 is 18.3 Å². The molecular weight excluding hydrogens is 500 g/mol. The molecule has 0 spiro atoms. The maximum absolute atomic E-state index is 13.2. The van der Waals surface area contributed by atoms with Gasteiger partial charge in [-0.3, -0.25) is 10.1 Å². The lowest BCUT2D eigenvalue weighted by atomic mass is 9.85. The van der Waals surface area contributed by atoms with Gasteiger partial charge in [0.25, 0.3) is 0 Å². The molecule has 37 heavy (non-hydrogen) atoms. The number of halogens is 6. The summed E-state index contributed by atoms with van der Waals surface area (Å²) in [5, 5.41) is 12.4. The van der Waals surface area contributed by atoms with E-state index in [0.29, 0.717) is 12.1 Å². The number of hydrogen-bond donors (Lipinski definition) is 2. The van der Waals surface area contributed by atoms with Crippen molar-refractivity contribution in [3.63, 3.8) is 0 Å². The monoisotopic (exact) mass is 525 g/mol. The highest BCUT2D eigenvalue weighted by Crippen LogP contribution is 2.36. The van der Waals surface area contributed by atoms with Crippen LogP contribution in [0.15, 0.2) is 78.9 Å². The molecule has 2 N–H and O–H groups in total. The van der Waals surface area contributed by atoms with Crippen molar-refractivity contribution in [2.45, 2.75) is 43.9 Å². The molecule has 0 amide bonds. The molecular formula is C27H25F6NO3.